The third kappa shape index (κ3) is 3.49. The number of carbonyl (C=O) groups excluding carboxylic acids is 1. The molecule has 8 nitrogen and oxygen atoms in total. The average Bonchev–Trinajstić information content (AvgIpc) is 3.32. The summed E-state index contributed by atoms with van der Waals surface area (Å²) < 4.78 is 3.28. The van der Waals surface area contributed by atoms with Crippen LogP contribution in [0.5, 0.6) is 0 Å². The largest absolute Gasteiger partial charge is 0.346 e. The van der Waals surface area contributed by atoms with Crippen LogP contribution in [0.4, 0.5) is 0 Å². The van der Waals surface area contributed by atoms with E-state index in [1.807, 2.05) is 69.6 Å². The van der Waals surface area contributed by atoms with Crippen LogP contribution in [0, 0.1) is 20.8 Å². The van der Waals surface area contributed by atoms with Gasteiger partial charge in [-0.15, -0.1) is 0 Å². The summed E-state index contributed by atoms with van der Waals surface area (Å²) in [7, 11) is 1.84. The topological polar surface area (TPSA) is 97.1 Å². The Bertz CT molecular complexity index is 1610. The fraction of sp³-hybridized carbons (Fsp3) is 0.200. The summed E-state index contributed by atoms with van der Waals surface area (Å²) in [4.78, 5) is 28.9. The number of aromatic amines is 1. The van der Waals surface area contributed by atoms with Crippen LogP contribution in [0.2, 0.25) is 0 Å². The maximum absolute atomic E-state index is 13.0. The summed E-state index contributed by atoms with van der Waals surface area (Å²) in [5.74, 6) is -0.328. The van der Waals surface area contributed by atoms with Crippen LogP contribution in [0.15, 0.2) is 53.5 Å². The van der Waals surface area contributed by atoms with Crippen molar-refractivity contribution in [1.29, 1.82) is 0 Å². The van der Waals surface area contributed by atoms with Gasteiger partial charge in [-0.1, -0.05) is 36.4 Å². The van der Waals surface area contributed by atoms with E-state index in [0.29, 0.717) is 23.3 Å². The van der Waals surface area contributed by atoms with Gasteiger partial charge in [0, 0.05) is 36.5 Å². The number of fused-ring (bicyclic) bond motifs is 2. The summed E-state index contributed by atoms with van der Waals surface area (Å²) in [5.41, 5.74) is 4.98. The zero-order valence-electron chi connectivity index (χ0n) is 18.9. The van der Waals surface area contributed by atoms with E-state index in [9.17, 15) is 9.59 Å². The van der Waals surface area contributed by atoms with Crippen LogP contribution >= 0.6 is 0 Å². The monoisotopic (exact) mass is 440 g/mol. The Kier molecular flexibility index (Phi) is 4.85. The highest BCUT2D eigenvalue weighted by atomic mass is 16.2. The van der Waals surface area contributed by atoms with E-state index in [0.717, 1.165) is 33.3 Å². The van der Waals surface area contributed by atoms with E-state index in [1.54, 1.807) is 16.1 Å². The zero-order valence-corrected chi connectivity index (χ0v) is 18.9. The lowest BCUT2D eigenvalue weighted by molar-refractivity contribution is 0.0945. The Labute approximate surface area is 189 Å². The molecule has 0 saturated carbocycles. The van der Waals surface area contributed by atoms with Crippen molar-refractivity contribution in [3.8, 4) is 11.3 Å². The Morgan fingerprint density at radius 2 is 1.82 bits per heavy atom. The molecule has 0 radical (unpaired) electrons. The number of hydrogen-bond acceptors (Lipinski definition) is 4. The van der Waals surface area contributed by atoms with Gasteiger partial charge < -0.3 is 10.3 Å². The van der Waals surface area contributed by atoms with Crippen molar-refractivity contribution in [3.63, 3.8) is 0 Å². The van der Waals surface area contributed by atoms with E-state index >= 15 is 0 Å². The van der Waals surface area contributed by atoms with Crippen LogP contribution in [0.3, 0.4) is 0 Å². The lowest BCUT2D eigenvalue weighted by Gasteiger charge is -2.09. The molecule has 0 aliphatic carbocycles. The first-order valence-electron chi connectivity index (χ1n) is 10.7. The molecular formula is C25H24N6O2. The van der Waals surface area contributed by atoms with Crippen LogP contribution < -0.4 is 10.9 Å². The van der Waals surface area contributed by atoms with Crippen LogP contribution in [-0.2, 0) is 13.6 Å². The van der Waals surface area contributed by atoms with Gasteiger partial charge >= 0.3 is 0 Å². The van der Waals surface area contributed by atoms with Gasteiger partial charge in [0.1, 0.15) is 5.52 Å². The van der Waals surface area contributed by atoms with Gasteiger partial charge in [-0.05, 0) is 37.6 Å². The summed E-state index contributed by atoms with van der Waals surface area (Å²) >= 11 is 0. The highest BCUT2D eigenvalue weighted by Crippen LogP contribution is 2.26. The third-order valence-corrected chi connectivity index (χ3v) is 6.06. The van der Waals surface area contributed by atoms with Crippen LogP contribution in [0.25, 0.3) is 27.5 Å². The predicted molar refractivity (Wildman–Crippen MR) is 127 cm³/mol. The lowest BCUT2D eigenvalue weighted by atomic mass is 10.0. The fourth-order valence-electron chi connectivity index (χ4n) is 4.30. The number of amides is 1. The molecule has 0 unspecified atom stereocenters. The second-order valence-electron chi connectivity index (χ2n) is 8.31. The lowest BCUT2D eigenvalue weighted by Crippen LogP contribution is -2.24. The molecule has 5 aromatic rings. The SMILES string of the molecule is Cc1nn(C)cc1CNC(=O)c1nn2c(C)c(-c3ccc4ccccc4c3)[nH]c(=O)c2c1C. The van der Waals surface area contributed by atoms with E-state index in [-0.39, 0.29) is 17.2 Å². The summed E-state index contributed by atoms with van der Waals surface area (Å²) in [6.07, 6.45) is 1.87. The Balaban J connectivity index is 1.54. The van der Waals surface area contributed by atoms with Crippen molar-refractivity contribution in [2.24, 2.45) is 7.05 Å². The maximum Gasteiger partial charge on any atom is 0.274 e. The van der Waals surface area contributed by atoms with Gasteiger partial charge in [0.15, 0.2) is 5.69 Å². The average molecular weight is 441 g/mol. The van der Waals surface area contributed by atoms with Crippen LogP contribution in [-0.4, -0.2) is 30.3 Å². The van der Waals surface area contributed by atoms with Crippen molar-refractivity contribution in [1.82, 2.24) is 29.7 Å². The number of hydrogen-bond donors (Lipinski definition) is 2. The minimum absolute atomic E-state index is 0.237. The number of aryl methyl sites for hydroxylation is 4. The molecule has 0 spiro atoms. The molecule has 33 heavy (non-hydrogen) atoms. The van der Waals surface area contributed by atoms with E-state index in [4.69, 9.17) is 0 Å². The summed E-state index contributed by atoms with van der Waals surface area (Å²) in [5, 5.41) is 13.9. The van der Waals surface area contributed by atoms with Gasteiger partial charge in [-0.2, -0.15) is 10.2 Å². The number of rotatable bonds is 4. The molecule has 166 valence electrons. The molecule has 0 saturated heterocycles. The zero-order chi connectivity index (χ0) is 23.3. The molecule has 0 atom stereocenters. The number of nitrogens with one attached hydrogen (secondary N) is 2. The van der Waals surface area contributed by atoms with E-state index < -0.39 is 0 Å². The maximum atomic E-state index is 13.0. The van der Waals surface area contributed by atoms with Gasteiger partial charge in [0.25, 0.3) is 11.5 Å². The quantitative estimate of drug-likeness (QED) is 0.447. The molecule has 0 aliphatic rings. The minimum atomic E-state index is -0.328. The van der Waals surface area contributed by atoms with Crippen molar-refractivity contribution >= 4 is 22.2 Å². The van der Waals surface area contributed by atoms with Crippen molar-refractivity contribution in [3.05, 3.63) is 87.2 Å². The Hall–Kier alpha value is -4.20. The van der Waals surface area contributed by atoms with Crippen molar-refractivity contribution < 1.29 is 4.79 Å². The highest BCUT2D eigenvalue weighted by Gasteiger charge is 2.21. The molecule has 2 aromatic carbocycles. The molecule has 5 rings (SSSR count). The summed E-state index contributed by atoms with van der Waals surface area (Å²) in [6.45, 7) is 5.87. The molecule has 2 N–H and O–H groups in total. The summed E-state index contributed by atoms with van der Waals surface area (Å²) in [6, 6.07) is 14.1. The number of H-pyrrole nitrogens is 1. The highest BCUT2D eigenvalue weighted by molar-refractivity contribution is 5.95. The Morgan fingerprint density at radius 1 is 1.06 bits per heavy atom. The number of benzene rings is 2. The molecule has 0 fully saturated rings. The number of aromatic nitrogens is 5. The molecule has 3 heterocycles. The van der Waals surface area contributed by atoms with Gasteiger partial charge in [0.2, 0.25) is 0 Å². The standard InChI is InChI=1S/C25H24N6O2/c1-14-21(24(32)26-12-20-13-30(4)28-15(20)2)29-31-16(3)22(27-25(33)23(14)31)19-10-9-17-7-5-6-8-18(17)11-19/h5-11,13H,12H2,1-4H3,(H,26,32)(H,27,33). The minimum Gasteiger partial charge on any atom is -0.346 e. The smallest absolute Gasteiger partial charge is 0.274 e. The second-order valence-corrected chi connectivity index (χ2v) is 8.31. The first-order chi connectivity index (χ1) is 15.8. The molecule has 8 heteroatoms. The van der Waals surface area contributed by atoms with Gasteiger partial charge in [0.05, 0.1) is 17.1 Å². The van der Waals surface area contributed by atoms with Crippen LogP contribution in [0.1, 0.15) is 33.0 Å². The first-order valence-corrected chi connectivity index (χ1v) is 10.7. The second kappa shape index (κ2) is 7.74. The molecule has 3 aromatic heterocycles. The number of carbonyl (C=O) groups is 1. The first kappa shape index (κ1) is 20.7. The Morgan fingerprint density at radius 3 is 2.55 bits per heavy atom. The fourth-order valence-corrected chi connectivity index (χ4v) is 4.30. The van der Waals surface area contributed by atoms with Gasteiger partial charge in [-0.25, -0.2) is 4.52 Å². The molecule has 1 amide bonds. The number of nitrogens with zero attached hydrogens (tertiary/aromatic N) is 4. The molecule has 0 aliphatic heterocycles. The normalized spacial score (nSPS) is 11.4. The molecular weight excluding hydrogens is 416 g/mol. The van der Waals surface area contributed by atoms with Crippen molar-refractivity contribution in [2.45, 2.75) is 27.3 Å². The van der Waals surface area contributed by atoms with E-state index in [2.05, 4.69) is 20.5 Å². The molecule has 0 bridgehead atoms. The third-order valence-electron chi connectivity index (χ3n) is 6.06. The van der Waals surface area contributed by atoms with Crippen molar-refractivity contribution in [2.75, 3.05) is 0 Å². The van der Waals surface area contributed by atoms with Gasteiger partial charge in [-0.3, -0.25) is 14.3 Å². The van der Waals surface area contributed by atoms with E-state index in [1.165, 1.54) is 0 Å². The predicted octanol–water partition coefficient (Wildman–Crippen LogP) is 3.43.